The zero-order valence-corrected chi connectivity index (χ0v) is 11.4. The first-order chi connectivity index (χ1) is 8.41. The van der Waals surface area contributed by atoms with Crippen LogP contribution >= 0.6 is 11.8 Å². The summed E-state index contributed by atoms with van der Waals surface area (Å²) in [5.74, 6) is 2.00. The molecule has 0 aliphatic heterocycles. The van der Waals surface area contributed by atoms with Crippen LogP contribution < -0.4 is 0 Å². The van der Waals surface area contributed by atoms with Crippen molar-refractivity contribution in [2.75, 3.05) is 51.1 Å². The van der Waals surface area contributed by atoms with Gasteiger partial charge in [0.1, 0.15) is 0 Å². The quantitative estimate of drug-likeness (QED) is 0.464. The summed E-state index contributed by atoms with van der Waals surface area (Å²) in [7, 11) is 0. The number of unbranched alkanes of at least 4 members (excludes halogenated alkanes) is 2. The number of hydrogen-bond acceptors (Lipinski definition) is 5. The lowest BCUT2D eigenvalue weighted by Crippen LogP contribution is -2.03. The first-order valence-corrected chi connectivity index (χ1v) is 7.52. The van der Waals surface area contributed by atoms with Gasteiger partial charge >= 0.3 is 0 Å². The standard InChI is InChI=1S/C12H26O4S/c13-5-1-3-7-15-9-11-17-12-10-16-8-4-2-6-14/h13-14H,1-12H2. The van der Waals surface area contributed by atoms with E-state index in [1.165, 1.54) is 0 Å². The number of ether oxygens (including phenoxy) is 2. The van der Waals surface area contributed by atoms with E-state index >= 15 is 0 Å². The Hall–Kier alpha value is 0.190. The van der Waals surface area contributed by atoms with Crippen LogP contribution in [0.15, 0.2) is 0 Å². The third-order valence-electron chi connectivity index (χ3n) is 2.14. The molecule has 0 bridgehead atoms. The van der Waals surface area contributed by atoms with Gasteiger partial charge in [0.25, 0.3) is 0 Å². The second kappa shape index (κ2) is 16.2. The fourth-order valence-corrected chi connectivity index (χ4v) is 1.85. The molecule has 0 aliphatic rings. The maximum atomic E-state index is 8.56. The Labute approximate surface area is 109 Å². The van der Waals surface area contributed by atoms with Crippen molar-refractivity contribution in [3.05, 3.63) is 0 Å². The van der Waals surface area contributed by atoms with Crippen molar-refractivity contribution >= 4 is 11.8 Å². The Morgan fingerprint density at radius 1 is 0.647 bits per heavy atom. The SMILES string of the molecule is OCCCCOCCSCCOCCCCO. The molecule has 104 valence electrons. The van der Waals surface area contributed by atoms with Gasteiger partial charge in [0.15, 0.2) is 0 Å². The van der Waals surface area contributed by atoms with Gasteiger partial charge in [-0.1, -0.05) is 0 Å². The van der Waals surface area contributed by atoms with Crippen LogP contribution in [-0.2, 0) is 9.47 Å². The average Bonchev–Trinajstić information content (AvgIpc) is 2.35. The summed E-state index contributed by atoms with van der Waals surface area (Å²) < 4.78 is 10.8. The lowest BCUT2D eigenvalue weighted by atomic mass is 10.3. The number of hydrogen-bond donors (Lipinski definition) is 2. The largest absolute Gasteiger partial charge is 0.396 e. The van der Waals surface area contributed by atoms with E-state index in [-0.39, 0.29) is 13.2 Å². The maximum absolute atomic E-state index is 8.56. The van der Waals surface area contributed by atoms with Crippen LogP contribution in [0.2, 0.25) is 0 Å². The third-order valence-corrected chi connectivity index (χ3v) is 3.05. The van der Waals surface area contributed by atoms with Gasteiger partial charge in [0.2, 0.25) is 0 Å². The molecule has 0 aromatic heterocycles. The Morgan fingerprint density at radius 2 is 1.12 bits per heavy atom. The van der Waals surface area contributed by atoms with Gasteiger partial charge in [-0.2, -0.15) is 11.8 Å². The number of thioether (sulfide) groups is 1. The van der Waals surface area contributed by atoms with Crippen LogP contribution in [0.5, 0.6) is 0 Å². The minimum atomic E-state index is 0.256. The molecule has 0 aromatic carbocycles. The molecule has 0 spiro atoms. The molecule has 0 atom stereocenters. The van der Waals surface area contributed by atoms with Crippen molar-refractivity contribution in [1.82, 2.24) is 0 Å². The first kappa shape index (κ1) is 17.2. The number of rotatable bonds is 14. The van der Waals surface area contributed by atoms with E-state index in [0.717, 1.165) is 63.6 Å². The van der Waals surface area contributed by atoms with Gasteiger partial charge in [-0.05, 0) is 25.7 Å². The first-order valence-electron chi connectivity index (χ1n) is 6.36. The summed E-state index contributed by atoms with van der Waals surface area (Å²) in [5.41, 5.74) is 0. The van der Waals surface area contributed by atoms with Crippen molar-refractivity contribution in [2.24, 2.45) is 0 Å². The van der Waals surface area contributed by atoms with Crippen LogP contribution in [0, 0.1) is 0 Å². The predicted molar refractivity (Wildman–Crippen MR) is 71.6 cm³/mol. The molecule has 0 saturated heterocycles. The van der Waals surface area contributed by atoms with E-state index in [2.05, 4.69) is 0 Å². The highest BCUT2D eigenvalue weighted by Crippen LogP contribution is 2.00. The van der Waals surface area contributed by atoms with Gasteiger partial charge in [-0.25, -0.2) is 0 Å². The molecular weight excluding hydrogens is 240 g/mol. The van der Waals surface area contributed by atoms with Crippen molar-refractivity contribution in [3.8, 4) is 0 Å². The molecule has 0 heterocycles. The van der Waals surface area contributed by atoms with E-state index in [0.29, 0.717) is 0 Å². The Kier molecular flexibility index (Phi) is 16.4. The van der Waals surface area contributed by atoms with Crippen molar-refractivity contribution in [1.29, 1.82) is 0 Å². The van der Waals surface area contributed by atoms with E-state index in [4.69, 9.17) is 19.7 Å². The summed E-state index contributed by atoms with van der Waals surface area (Å²) in [5, 5.41) is 17.1. The van der Waals surface area contributed by atoms with Crippen LogP contribution in [0.1, 0.15) is 25.7 Å². The molecule has 0 aliphatic carbocycles. The zero-order chi connectivity index (χ0) is 12.6. The average molecular weight is 266 g/mol. The maximum Gasteiger partial charge on any atom is 0.0556 e. The van der Waals surface area contributed by atoms with Crippen LogP contribution in [0.25, 0.3) is 0 Å². The molecule has 0 unspecified atom stereocenters. The summed E-state index contributed by atoms with van der Waals surface area (Å²) in [4.78, 5) is 0. The Balaban J connectivity index is 2.85. The minimum absolute atomic E-state index is 0.256. The zero-order valence-electron chi connectivity index (χ0n) is 10.6. The molecule has 5 heteroatoms. The second-order valence-electron chi connectivity index (χ2n) is 3.70. The summed E-state index contributed by atoms with van der Waals surface area (Å²) in [6.45, 7) is 3.57. The molecule has 2 N–H and O–H groups in total. The van der Waals surface area contributed by atoms with E-state index in [9.17, 15) is 0 Å². The van der Waals surface area contributed by atoms with Gasteiger partial charge < -0.3 is 19.7 Å². The molecular formula is C12H26O4S. The van der Waals surface area contributed by atoms with Crippen molar-refractivity contribution in [3.63, 3.8) is 0 Å². The monoisotopic (exact) mass is 266 g/mol. The molecule has 0 radical (unpaired) electrons. The minimum Gasteiger partial charge on any atom is -0.396 e. The summed E-state index contributed by atoms with van der Waals surface area (Å²) in [6.07, 6.45) is 3.54. The molecule has 0 rings (SSSR count). The van der Waals surface area contributed by atoms with Crippen molar-refractivity contribution < 1.29 is 19.7 Å². The molecule has 17 heavy (non-hydrogen) atoms. The van der Waals surface area contributed by atoms with E-state index in [1.807, 2.05) is 11.8 Å². The molecule has 0 amide bonds. The fourth-order valence-electron chi connectivity index (χ4n) is 1.17. The van der Waals surface area contributed by atoms with Gasteiger partial charge in [-0.15, -0.1) is 0 Å². The highest BCUT2D eigenvalue weighted by molar-refractivity contribution is 7.99. The fraction of sp³-hybridized carbons (Fsp3) is 1.00. The summed E-state index contributed by atoms with van der Waals surface area (Å²) in [6, 6.07) is 0. The molecule has 0 fully saturated rings. The molecule has 0 aromatic rings. The smallest absolute Gasteiger partial charge is 0.0556 e. The van der Waals surface area contributed by atoms with Crippen LogP contribution in [0.3, 0.4) is 0 Å². The number of aliphatic hydroxyl groups is 2. The van der Waals surface area contributed by atoms with Crippen LogP contribution in [-0.4, -0.2) is 61.4 Å². The van der Waals surface area contributed by atoms with Gasteiger partial charge in [-0.3, -0.25) is 0 Å². The second-order valence-corrected chi connectivity index (χ2v) is 4.92. The lowest BCUT2D eigenvalue weighted by Gasteiger charge is -2.05. The normalized spacial score (nSPS) is 10.9. The van der Waals surface area contributed by atoms with Crippen molar-refractivity contribution in [2.45, 2.75) is 25.7 Å². The highest BCUT2D eigenvalue weighted by Gasteiger charge is 1.92. The third kappa shape index (κ3) is 16.2. The topological polar surface area (TPSA) is 58.9 Å². The summed E-state index contributed by atoms with van der Waals surface area (Å²) >= 11 is 1.83. The van der Waals surface area contributed by atoms with Crippen LogP contribution in [0.4, 0.5) is 0 Å². The molecule has 0 saturated carbocycles. The highest BCUT2D eigenvalue weighted by atomic mass is 32.2. The van der Waals surface area contributed by atoms with E-state index in [1.54, 1.807) is 0 Å². The van der Waals surface area contributed by atoms with E-state index < -0.39 is 0 Å². The number of aliphatic hydroxyl groups excluding tert-OH is 2. The lowest BCUT2D eigenvalue weighted by molar-refractivity contribution is 0.137. The molecule has 4 nitrogen and oxygen atoms in total. The Bertz CT molecular complexity index is 122. The van der Waals surface area contributed by atoms with Gasteiger partial charge in [0, 0.05) is 37.9 Å². The predicted octanol–water partition coefficient (Wildman–Crippen LogP) is 1.30. The van der Waals surface area contributed by atoms with Gasteiger partial charge in [0.05, 0.1) is 13.2 Å². The Morgan fingerprint density at radius 3 is 1.53 bits per heavy atom.